The van der Waals surface area contributed by atoms with Crippen molar-refractivity contribution < 1.29 is 19.0 Å². The van der Waals surface area contributed by atoms with E-state index < -0.39 is 11.6 Å². The highest BCUT2D eigenvalue weighted by Crippen LogP contribution is 2.40. The fourth-order valence-electron chi connectivity index (χ4n) is 6.06. The van der Waals surface area contributed by atoms with Gasteiger partial charge in [0, 0.05) is 17.0 Å². The molecule has 0 saturated heterocycles. The van der Waals surface area contributed by atoms with Gasteiger partial charge < -0.3 is 14.4 Å². The average Bonchev–Trinajstić information content (AvgIpc) is 3.20. The Morgan fingerprint density at radius 1 is 1.03 bits per heavy atom. The Morgan fingerprint density at radius 3 is 2.50 bits per heavy atom. The van der Waals surface area contributed by atoms with Crippen molar-refractivity contribution in [2.75, 3.05) is 0 Å². The Hall–Kier alpha value is -3.06. The molecule has 202 valence electrons. The van der Waals surface area contributed by atoms with Crippen molar-refractivity contribution in [2.24, 2.45) is 0 Å². The van der Waals surface area contributed by atoms with E-state index in [1.807, 2.05) is 0 Å². The average molecular weight is 521 g/mol. The van der Waals surface area contributed by atoms with Crippen LogP contribution in [0.2, 0.25) is 0 Å². The molecule has 0 spiro atoms. The van der Waals surface area contributed by atoms with Gasteiger partial charge >= 0.3 is 5.97 Å². The van der Waals surface area contributed by atoms with Crippen LogP contribution in [0.25, 0.3) is 22.3 Å². The van der Waals surface area contributed by atoms with Crippen LogP contribution in [-0.2, 0) is 34.7 Å². The third kappa shape index (κ3) is 4.89. The van der Waals surface area contributed by atoms with Crippen LogP contribution in [0.4, 0.5) is 4.39 Å². The lowest BCUT2D eigenvalue weighted by molar-refractivity contribution is -0.149. The molecular weight excluding hydrogens is 483 g/mol. The van der Waals surface area contributed by atoms with E-state index >= 15 is 0 Å². The zero-order valence-corrected chi connectivity index (χ0v) is 22.4. The molecule has 0 bridgehead atoms. The SMILES string of the molecule is CCCCCCCCCCc1c2c(nc3cc(F)ccc13)-c1cc3c(c(=O)n1C2)COC(=O)C[C@]3(O)CC. The van der Waals surface area contributed by atoms with Crippen molar-refractivity contribution in [1.82, 2.24) is 9.55 Å². The summed E-state index contributed by atoms with van der Waals surface area (Å²) in [6, 6.07) is 6.52. The van der Waals surface area contributed by atoms with Crippen LogP contribution in [-0.4, -0.2) is 20.6 Å². The lowest BCUT2D eigenvalue weighted by Gasteiger charge is -2.26. The van der Waals surface area contributed by atoms with Crippen LogP contribution in [0.1, 0.15) is 100 Å². The van der Waals surface area contributed by atoms with Crippen LogP contribution >= 0.6 is 0 Å². The number of carbonyl (C=O) groups is 1. The Morgan fingerprint density at radius 2 is 1.76 bits per heavy atom. The number of pyridine rings is 2. The Balaban J connectivity index is 1.52. The molecule has 6 nitrogen and oxygen atoms in total. The van der Waals surface area contributed by atoms with Gasteiger partial charge in [0.2, 0.25) is 0 Å². The van der Waals surface area contributed by atoms with Crippen molar-refractivity contribution >= 4 is 16.9 Å². The zero-order chi connectivity index (χ0) is 26.9. The summed E-state index contributed by atoms with van der Waals surface area (Å²) >= 11 is 0. The minimum Gasteiger partial charge on any atom is -0.460 e. The predicted octanol–water partition coefficient (Wildman–Crippen LogP) is 6.29. The molecule has 0 saturated carbocycles. The first kappa shape index (κ1) is 26.5. The minimum atomic E-state index is -1.48. The number of unbranched alkanes of at least 4 members (excludes halogenated alkanes) is 7. The maximum Gasteiger partial charge on any atom is 0.309 e. The van der Waals surface area contributed by atoms with Crippen LogP contribution in [0.15, 0.2) is 29.1 Å². The number of aromatic nitrogens is 2. The van der Waals surface area contributed by atoms with Gasteiger partial charge in [0.1, 0.15) is 18.0 Å². The molecule has 38 heavy (non-hydrogen) atoms. The molecule has 4 heterocycles. The van der Waals surface area contributed by atoms with Gasteiger partial charge in [-0.2, -0.15) is 0 Å². The number of halogens is 1. The van der Waals surface area contributed by atoms with E-state index in [2.05, 4.69) is 6.92 Å². The number of fused-ring (bicyclic) bond motifs is 5. The number of rotatable bonds is 10. The molecule has 1 aromatic carbocycles. The smallest absolute Gasteiger partial charge is 0.309 e. The summed E-state index contributed by atoms with van der Waals surface area (Å²) in [7, 11) is 0. The number of ether oxygens (including phenoxy) is 1. The van der Waals surface area contributed by atoms with Gasteiger partial charge in [-0.15, -0.1) is 0 Å². The molecule has 0 radical (unpaired) electrons. The van der Waals surface area contributed by atoms with Gasteiger partial charge in [-0.1, -0.05) is 58.8 Å². The minimum absolute atomic E-state index is 0.155. The van der Waals surface area contributed by atoms with E-state index in [0.29, 0.717) is 34.6 Å². The molecule has 7 heteroatoms. The first-order valence-corrected chi connectivity index (χ1v) is 14.1. The molecule has 0 amide bonds. The number of cyclic esters (lactones) is 1. The fraction of sp³-hybridized carbons (Fsp3) is 0.516. The van der Waals surface area contributed by atoms with Crippen molar-refractivity contribution in [3.63, 3.8) is 0 Å². The summed E-state index contributed by atoms with van der Waals surface area (Å²) in [5, 5.41) is 12.3. The third-order valence-electron chi connectivity index (χ3n) is 8.31. The summed E-state index contributed by atoms with van der Waals surface area (Å²) in [5.74, 6) is -0.876. The van der Waals surface area contributed by atoms with E-state index in [-0.39, 0.29) is 30.8 Å². The maximum atomic E-state index is 14.2. The molecular formula is C31H37FN2O4. The maximum absolute atomic E-state index is 14.2. The first-order valence-electron chi connectivity index (χ1n) is 14.1. The zero-order valence-electron chi connectivity index (χ0n) is 22.4. The largest absolute Gasteiger partial charge is 0.460 e. The van der Waals surface area contributed by atoms with Crippen LogP contribution in [0, 0.1) is 5.82 Å². The van der Waals surface area contributed by atoms with E-state index in [9.17, 15) is 19.1 Å². The molecule has 1 atom stereocenters. The van der Waals surface area contributed by atoms with Gasteiger partial charge in [0.05, 0.1) is 35.4 Å². The highest BCUT2D eigenvalue weighted by molar-refractivity contribution is 5.88. The quantitative estimate of drug-likeness (QED) is 0.196. The molecule has 0 fully saturated rings. The third-order valence-corrected chi connectivity index (χ3v) is 8.31. The van der Waals surface area contributed by atoms with Crippen molar-refractivity contribution in [2.45, 2.75) is 103 Å². The number of hydrogen-bond acceptors (Lipinski definition) is 5. The second kappa shape index (κ2) is 11.0. The fourth-order valence-corrected chi connectivity index (χ4v) is 6.06. The molecule has 3 aromatic rings. The monoisotopic (exact) mass is 520 g/mol. The Kier molecular flexibility index (Phi) is 7.66. The summed E-state index contributed by atoms with van der Waals surface area (Å²) in [4.78, 5) is 30.7. The van der Waals surface area contributed by atoms with Gasteiger partial charge in [0.25, 0.3) is 5.56 Å². The summed E-state index contributed by atoms with van der Waals surface area (Å²) in [6.07, 6.45) is 10.6. The van der Waals surface area contributed by atoms with Crippen molar-refractivity contribution in [1.29, 1.82) is 0 Å². The number of benzene rings is 1. The highest BCUT2D eigenvalue weighted by atomic mass is 19.1. The molecule has 5 rings (SSSR count). The van der Waals surface area contributed by atoms with Gasteiger partial charge in [-0.25, -0.2) is 9.37 Å². The Bertz CT molecular complexity index is 1430. The van der Waals surface area contributed by atoms with E-state index in [1.54, 1.807) is 23.6 Å². The van der Waals surface area contributed by atoms with Crippen LogP contribution < -0.4 is 5.56 Å². The summed E-state index contributed by atoms with van der Waals surface area (Å²) in [6.45, 7) is 4.22. The standard InChI is InChI=1S/C31H37FN2O4/c1-3-5-6-7-8-9-10-11-12-21-22-14-13-20(32)15-26(22)33-29-23(21)18-34-27(29)16-25-24(30(34)36)19-38-28(35)17-31(25,37)4-2/h13-16,37H,3-12,17-19H2,1-2H3/t31-/m1/s1. The lowest BCUT2D eigenvalue weighted by atomic mass is 9.85. The predicted molar refractivity (Wildman–Crippen MR) is 145 cm³/mol. The highest BCUT2D eigenvalue weighted by Gasteiger charge is 2.39. The number of aliphatic hydroxyl groups is 1. The second-order valence-corrected chi connectivity index (χ2v) is 10.8. The van der Waals surface area contributed by atoms with Crippen LogP contribution in [0.3, 0.4) is 0 Å². The van der Waals surface area contributed by atoms with E-state index in [1.165, 1.54) is 50.7 Å². The van der Waals surface area contributed by atoms with Crippen LogP contribution in [0.5, 0.6) is 0 Å². The topological polar surface area (TPSA) is 81.4 Å². The molecule has 2 aromatic heterocycles. The van der Waals surface area contributed by atoms with Gasteiger partial charge in [-0.3, -0.25) is 9.59 Å². The van der Waals surface area contributed by atoms with E-state index in [4.69, 9.17) is 9.72 Å². The second-order valence-electron chi connectivity index (χ2n) is 10.8. The summed E-state index contributed by atoms with van der Waals surface area (Å²) < 4.78 is 21.2. The van der Waals surface area contributed by atoms with Gasteiger partial charge in [0.15, 0.2) is 0 Å². The summed E-state index contributed by atoms with van der Waals surface area (Å²) in [5.41, 5.74) is 2.93. The number of carbonyl (C=O) groups excluding carboxylic acids is 1. The molecule has 0 aliphatic carbocycles. The molecule has 2 aliphatic heterocycles. The Labute approximate surface area is 222 Å². The molecule has 2 aliphatic rings. The first-order chi connectivity index (χ1) is 18.4. The van der Waals surface area contributed by atoms with E-state index in [0.717, 1.165) is 35.8 Å². The van der Waals surface area contributed by atoms with Crippen molar-refractivity contribution in [3.8, 4) is 11.4 Å². The number of esters is 1. The number of aryl methyl sites for hydroxylation is 1. The van der Waals surface area contributed by atoms with Crippen molar-refractivity contribution in [3.05, 3.63) is 62.7 Å². The lowest BCUT2D eigenvalue weighted by Crippen LogP contribution is -2.32. The molecule has 1 N–H and O–H groups in total. The number of hydrogen-bond donors (Lipinski definition) is 1. The number of nitrogens with zero attached hydrogens (tertiary/aromatic N) is 2. The van der Waals surface area contributed by atoms with Gasteiger partial charge in [-0.05, 0) is 48.6 Å². The normalized spacial score (nSPS) is 18.2. The molecule has 0 unspecified atom stereocenters.